The molecule has 22 heavy (non-hydrogen) atoms. The van der Waals surface area contributed by atoms with Crippen molar-refractivity contribution in [3.63, 3.8) is 0 Å². The Labute approximate surface area is 129 Å². The predicted octanol–water partition coefficient (Wildman–Crippen LogP) is 2.25. The third-order valence-corrected chi connectivity index (χ3v) is 3.91. The van der Waals surface area contributed by atoms with Gasteiger partial charge in [-0.2, -0.15) is 10.5 Å². The quantitative estimate of drug-likeness (QED) is 0.586. The van der Waals surface area contributed by atoms with Gasteiger partial charge < -0.3 is 5.11 Å². The number of hydrogen-bond acceptors (Lipinski definition) is 7. The lowest BCUT2D eigenvalue weighted by Crippen LogP contribution is -2.04. The first-order valence-electron chi connectivity index (χ1n) is 6.19. The Bertz CT molecular complexity index is 923. The molecule has 8 heteroatoms. The Morgan fingerprint density at radius 2 is 2.14 bits per heavy atom. The lowest BCUT2D eigenvalue weighted by Gasteiger charge is -2.01. The maximum atomic E-state index is 10.2. The van der Waals surface area contributed by atoms with Crippen LogP contribution in [0.3, 0.4) is 0 Å². The minimum atomic E-state index is -0.170. The summed E-state index contributed by atoms with van der Waals surface area (Å²) < 4.78 is 2.23. The molecule has 0 aliphatic carbocycles. The summed E-state index contributed by atoms with van der Waals surface area (Å²) in [5.74, 6) is -0.165. The van der Waals surface area contributed by atoms with E-state index < -0.39 is 0 Å². The number of rotatable bonds is 3. The second kappa shape index (κ2) is 5.64. The van der Waals surface area contributed by atoms with Gasteiger partial charge in [-0.05, 0) is 12.1 Å². The van der Waals surface area contributed by atoms with Crippen molar-refractivity contribution in [3.05, 3.63) is 47.2 Å². The molecule has 0 amide bonds. The SMILES string of the molecule is N#CC(=C(O)Cn1cnc(C#N)n1)c1nc2ccccc2s1. The van der Waals surface area contributed by atoms with Gasteiger partial charge in [0, 0.05) is 0 Å². The molecule has 0 spiro atoms. The van der Waals surface area contributed by atoms with Gasteiger partial charge >= 0.3 is 0 Å². The molecule has 0 saturated heterocycles. The van der Waals surface area contributed by atoms with Gasteiger partial charge in [-0.15, -0.1) is 16.4 Å². The van der Waals surface area contributed by atoms with Crippen LogP contribution in [-0.4, -0.2) is 24.9 Å². The zero-order chi connectivity index (χ0) is 15.5. The van der Waals surface area contributed by atoms with E-state index in [1.165, 1.54) is 22.3 Å². The highest BCUT2D eigenvalue weighted by Crippen LogP contribution is 2.28. The molecular formula is C14H8N6OS. The third-order valence-electron chi connectivity index (χ3n) is 2.86. The van der Waals surface area contributed by atoms with Crippen molar-refractivity contribution in [2.75, 3.05) is 0 Å². The third kappa shape index (κ3) is 2.51. The monoisotopic (exact) mass is 308 g/mol. The highest BCUT2D eigenvalue weighted by Gasteiger charge is 2.14. The van der Waals surface area contributed by atoms with Crippen LogP contribution in [0.15, 0.2) is 36.4 Å². The van der Waals surface area contributed by atoms with Crippen molar-refractivity contribution < 1.29 is 5.11 Å². The van der Waals surface area contributed by atoms with Gasteiger partial charge in [-0.25, -0.2) is 14.6 Å². The fourth-order valence-electron chi connectivity index (χ4n) is 1.87. The van der Waals surface area contributed by atoms with Crippen LogP contribution in [0.2, 0.25) is 0 Å². The highest BCUT2D eigenvalue weighted by molar-refractivity contribution is 7.19. The largest absolute Gasteiger partial charge is 0.509 e. The molecule has 0 fully saturated rings. The number of aliphatic hydroxyl groups is 1. The summed E-state index contributed by atoms with van der Waals surface area (Å²) >= 11 is 1.33. The van der Waals surface area contributed by atoms with Crippen LogP contribution in [0.1, 0.15) is 10.8 Å². The van der Waals surface area contributed by atoms with Gasteiger partial charge in [-0.1, -0.05) is 12.1 Å². The minimum Gasteiger partial charge on any atom is -0.509 e. The smallest absolute Gasteiger partial charge is 0.252 e. The predicted molar refractivity (Wildman–Crippen MR) is 79.5 cm³/mol. The van der Waals surface area contributed by atoms with E-state index >= 15 is 0 Å². The second-order valence-electron chi connectivity index (χ2n) is 4.30. The fraction of sp³-hybridized carbons (Fsp3) is 0.0714. The number of fused-ring (bicyclic) bond motifs is 1. The molecule has 0 atom stereocenters. The molecule has 3 aromatic rings. The molecule has 0 aliphatic rings. The molecule has 0 aliphatic heterocycles. The normalized spacial score (nSPS) is 11.7. The Kier molecular flexibility index (Phi) is 3.52. The number of para-hydroxylation sites is 1. The lowest BCUT2D eigenvalue weighted by atomic mass is 10.2. The number of benzene rings is 1. The first-order chi connectivity index (χ1) is 10.7. The molecule has 106 valence electrons. The van der Waals surface area contributed by atoms with Crippen LogP contribution in [0.5, 0.6) is 0 Å². The van der Waals surface area contributed by atoms with Gasteiger partial charge in [0.2, 0.25) is 0 Å². The first kappa shape index (κ1) is 13.7. The van der Waals surface area contributed by atoms with Gasteiger partial charge in [0.25, 0.3) is 5.82 Å². The van der Waals surface area contributed by atoms with Crippen LogP contribution in [0, 0.1) is 22.7 Å². The standard InChI is InChI=1S/C14H8N6OS/c15-5-9(11(21)7-20-8-17-13(6-16)19-20)14-18-10-3-1-2-4-12(10)22-14/h1-4,8,21H,7H2. The Morgan fingerprint density at radius 1 is 1.32 bits per heavy atom. The van der Waals surface area contributed by atoms with Gasteiger partial charge in [0.05, 0.1) is 10.2 Å². The van der Waals surface area contributed by atoms with Crippen molar-refractivity contribution in [3.8, 4) is 12.1 Å². The average molecular weight is 308 g/mol. The zero-order valence-corrected chi connectivity index (χ0v) is 11.9. The molecule has 0 saturated carbocycles. The van der Waals surface area contributed by atoms with Crippen molar-refractivity contribution in [1.29, 1.82) is 10.5 Å². The van der Waals surface area contributed by atoms with Crippen molar-refractivity contribution in [2.45, 2.75) is 6.54 Å². The number of allylic oxidation sites excluding steroid dienone is 2. The molecule has 0 radical (unpaired) electrons. The van der Waals surface area contributed by atoms with Gasteiger partial charge in [0.1, 0.15) is 41.4 Å². The molecule has 2 heterocycles. The van der Waals surface area contributed by atoms with Crippen LogP contribution in [-0.2, 0) is 6.54 Å². The molecular weight excluding hydrogens is 300 g/mol. The van der Waals surface area contributed by atoms with E-state index in [4.69, 9.17) is 5.26 Å². The molecule has 0 unspecified atom stereocenters. The summed E-state index contributed by atoms with van der Waals surface area (Å²) in [6.45, 7) is -0.0481. The Hall–Kier alpha value is -3.23. The van der Waals surface area contributed by atoms with Crippen molar-refractivity contribution >= 4 is 27.1 Å². The van der Waals surface area contributed by atoms with E-state index in [2.05, 4.69) is 15.1 Å². The first-order valence-corrected chi connectivity index (χ1v) is 7.00. The summed E-state index contributed by atoms with van der Waals surface area (Å²) in [6.07, 6.45) is 1.32. The van der Waals surface area contributed by atoms with E-state index in [0.717, 1.165) is 10.2 Å². The topological polar surface area (TPSA) is 111 Å². The summed E-state index contributed by atoms with van der Waals surface area (Å²) in [5.41, 5.74) is 0.866. The van der Waals surface area contributed by atoms with Crippen LogP contribution >= 0.6 is 11.3 Å². The summed E-state index contributed by atoms with van der Waals surface area (Å²) in [5, 5.41) is 32.4. The fourth-order valence-corrected chi connectivity index (χ4v) is 2.85. The maximum absolute atomic E-state index is 10.2. The molecule has 0 bridgehead atoms. The summed E-state index contributed by atoms with van der Waals surface area (Å²) in [7, 11) is 0. The molecule has 1 aromatic carbocycles. The van der Waals surface area contributed by atoms with Crippen molar-refractivity contribution in [1.82, 2.24) is 19.7 Å². The molecule has 1 N–H and O–H groups in total. The number of nitriles is 2. The molecule has 3 rings (SSSR count). The van der Waals surface area contributed by atoms with Crippen LogP contribution in [0.25, 0.3) is 15.8 Å². The average Bonchev–Trinajstić information content (AvgIpc) is 3.14. The zero-order valence-electron chi connectivity index (χ0n) is 11.1. The van der Waals surface area contributed by atoms with E-state index in [9.17, 15) is 10.4 Å². The van der Waals surface area contributed by atoms with Crippen molar-refractivity contribution in [2.24, 2.45) is 0 Å². The van der Waals surface area contributed by atoms with Gasteiger partial charge in [-0.3, -0.25) is 0 Å². The van der Waals surface area contributed by atoms with E-state index in [-0.39, 0.29) is 23.7 Å². The Morgan fingerprint density at radius 3 is 2.82 bits per heavy atom. The summed E-state index contributed by atoms with van der Waals surface area (Å²) in [6, 6.07) is 11.3. The van der Waals surface area contributed by atoms with Gasteiger partial charge in [0.15, 0.2) is 0 Å². The number of aromatic nitrogens is 4. The van der Waals surface area contributed by atoms with Crippen LogP contribution in [0.4, 0.5) is 0 Å². The molecule has 2 aromatic heterocycles. The van der Waals surface area contributed by atoms with E-state index in [1.807, 2.05) is 30.3 Å². The molecule has 7 nitrogen and oxygen atoms in total. The highest BCUT2D eigenvalue weighted by atomic mass is 32.1. The Balaban J connectivity index is 1.97. The number of aliphatic hydroxyl groups excluding tert-OH is 1. The minimum absolute atomic E-state index is 0.00583. The van der Waals surface area contributed by atoms with Crippen LogP contribution < -0.4 is 0 Å². The lowest BCUT2D eigenvalue weighted by molar-refractivity contribution is 0.371. The number of thiazole rings is 1. The number of hydrogen-bond donors (Lipinski definition) is 1. The maximum Gasteiger partial charge on any atom is 0.252 e. The van der Waals surface area contributed by atoms with E-state index in [0.29, 0.717) is 5.01 Å². The second-order valence-corrected chi connectivity index (χ2v) is 5.33. The number of nitrogens with zero attached hydrogens (tertiary/aromatic N) is 6. The van der Waals surface area contributed by atoms with E-state index in [1.54, 1.807) is 6.07 Å². The summed E-state index contributed by atoms with van der Waals surface area (Å²) in [4.78, 5) is 8.09.